The van der Waals surface area contributed by atoms with Crippen LogP contribution in [0, 0.1) is 6.92 Å². The van der Waals surface area contributed by atoms with Crippen molar-refractivity contribution in [2.24, 2.45) is 5.73 Å². The van der Waals surface area contributed by atoms with Gasteiger partial charge in [0.05, 0.1) is 23.4 Å². The minimum Gasteiger partial charge on any atom is -0.383 e. The topological polar surface area (TPSA) is 48.1 Å². The van der Waals surface area contributed by atoms with Gasteiger partial charge < -0.3 is 10.5 Å². The quantitative estimate of drug-likeness (QED) is 0.742. The second kappa shape index (κ2) is 3.80. The summed E-state index contributed by atoms with van der Waals surface area (Å²) < 4.78 is 4.91. The van der Waals surface area contributed by atoms with Gasteiger partial charge in [0.1, 0.15) is 0 Å². The van der Waals surface area contributed by atoms with Gasteiger partial charge in [0.15, 0.2) is 0 Å². The van der Waals surface area contributed by atoms with E-state index < -0.39 is 0 Å². The number of rotatable bonds is 3. The van der Waals surface area contributed by atoms with Gasteiger partial charge in [-0.15, -0.1) is 11.3 Å². The van der Waals surface area contributed by atoms with E-state index in [4.69, 9.17) is 10.5 Å². The average Bonchev–Trinajstić information content (AvgIpc) is 2.36. The molecule has 0 saturated heterocycles. The Balaban J connectivity index is 2.60. The lowest BCUT2D eigenvalue weighted by atomic mass is 10.3. The summed E-state index contributed by atoms with van der Waals surface area (Å²) >= 11 is 1.61. The van der Waals surface area contributed by atoms with Crippen molar-refractivity contribution < 1.29 is 4.74 Å². The summed E-state index contributed by atoms with van der Waals surface area (Å²) in [5.41, 5.74) is 6.66. The SMILES string of the molecule is COC[C@@H](N)c1csc(C)n1. The summed E-state index contributed by atoms with van der Waals surface area (Å²) in [6.45, 7) is 2.50. The number of thiazole rings is 1. The first-order valence-electron chi connectivity index (χ1n) is 3.40. The van der Waals surface area contributed by atoms with Gasteiger partial charge in [-0.3, -0.25) is 0 Å². The molecule has 3 nitrogen and oxygen atoms in total. The first-order valence-corrected chi connectivity index (χ1v) is 4.28. The van der Waals surface area contributed by atoms with Crippen molar-refractivity contribution >= 4 is 11.3 Å². The van der Waals surface area contributed by atoms with E-state index in [2.05, 4.69) is 4.98 Å². The molecule has 1 rings (SSSR count). The summed E-state index contributed by atoms with van der Waals surface area (Å²) in [7, 11) is 1.64. The van der Waals surface area contributed by atoms with Gasteiger partial charge in [-0.2, -0.15) is 0 Å². The zero-order valence-corrected chi connectivity index (χ0v) is 7.52. The van der Waals surface area contributed by atoms with Crippen LogP contribution in [0.25, 0.3) is 0 Å². The number of aryl methyl sites for hydroxylation is 1. The van der Waals surface area contributed by atoms with Crippen LogP contribution in [-0.2, 0) is 4.74 Å². The first-order chi connectivity index (χ1) is 5.24. The largest absolute Gasteiger partial charge is 0.383 e. The van der Waals surface area contributed by atoms with Crippen molar-refractivity contribution in [2.45, 2.75) is 13.0 Å². The number of aromatic nitrogens is 1. The highest BCUT2D eigenvalue weighted by atomic mass is 32.1. The molecule has 0 bridgehead atoms. The fourth-order valence-corrected chi connectivity index (χ4v) is 1.49. The van der Waals surface area contributed by atoms with Gasteiger partial charge in [0, 0.05) is 12.5 Å². The van der Waals surface area contributed by atoms with Crippen LogP contribution in [0.3, 0.4) is 0 Å². The van der Waals surface area contributed by atoms with Gasteiger partial charge in [-0.25, -0.2) is 4.98 Å². The number of hydrogen-bond donors (Lipinski definition) is 1. The van der Waals surface area contributed by atoms with Gasteiger partial charge in [0.25, 0.3) is 0 Å². The third-order valence-corrected chi connectivity index (χ3v) is 2.15. The molecule has 0 aliphatic carbocycles. The van der Waals surface area contributed by atoms with Crippen LogP contribution >= 0.6 is 11.3 Å². The van der Waals surface area contributed by atoms with Crippen molar-refractivity contribution in [3.05, 3.63) is 16.1 Å². The second-order valence-electron chi connectivity index (χ2n) is 2.35. The Bertz CT molecular complexity index is 224. The first kappa shape index (κ1) is 8.64. The van der Waals surface area contributed by atoms with Crippen LogP contribution in [0.2, 0.25) is 0 Å². The Kier molecular flexibility index (Phi) is 2.99. The lowest BCUT2D eigenvalue weighted by Gasteiger charge is -2.05. The molecule has 1 aromatic heterocycles. The van der Waals surface area contributed by atoms with E-state index in [0.717, 1.165) is 10.7 Å². The predicted octanol–water partition coefficient (Wildman–Crippen LogP) is 1.10. The molecule has 0 amide bonds. The minimum absolute atomic E-state index is 0.0788. The summed E-state index contributed by atoms with van der Waals surface area (Å²) in [4.78, 5) is 4.24. The maximum absolute atomic E-state index is 5.74. The average molecular weight is 172 g/mol. The van der Waals surface area contributed by atoms with E-state index in [1.54, 1.807) is 18.4 Å². The highest BCUT2D eigenvalue weighted by molar-refractivity contribution is 7.09. The number of methoxy groups -OCH3 is 1. The van der Waals surface area contributed by atoms with E-state index in [9.17, 15) is 0 Å². The van der Waals surface area contributed by atoms with Crippen molar-refractivity contribution in [3.8, 4) is 0 Å². The molecule has 11 heavy (non-hydrogen) atoms. The predicted molar refractivity (Wildman–Crippen MR) is 45.7 cm³/mol. The van der Waals surface area contributed by atoms with Crippen molar-refractivity contribution in [1.29, 1.82) is 0 Å². The van der Waals surface area contributed by atoms with E-state index in [1.807, 2.05) is 12.3 Å². The van der Waals surface area contributed by atoms with Gasteiger partial charge in [-0.1, -0.05) is 0 Å². The highest BCUT2D eigenvalue weighted by Crippen LogP contribution is 2.13. The number of nitrogens with zero attached hydrogens (tertiary/aromatic N) is 1. The molecule has 1 aromatic rings. The molecule has 0 radical (unpaired) electrons. The summed E-state index contributed by atoms with van der Waals surface area (Å²) in [6, 6.07) is -0.0788. The number of ether oxygens (including phenoxy) is 1. The summed E-state index contributed by atoms with van der Waals surface area (Å²) in [6.07, 6.45) is 0. The van der Waals surface area contributed by atoms with Crippen molar-refractivity contribution in [3.63, 3.8) is 0 Å². The van der Waals surface area contributed by atoms with Crippen LogP contribution in [0.1, 0.15) is 16.7 Å². The van der Waals surface area contributed by atoms with Crippen LogP contribution in [0.15, 0.2) is 5.38 Å². The van der Waals surface area contributed by atoms with Crippen LogP contribution in [-0.4, -0.2) is 18.7 Å². The molecule has 62 valence electrons. The Labute approximate surface area is 70.2 Å². The number of nitrogens with two attached hydrogens (primary N) is 1. The maximum atomic E-state index is 5.74. The molecule has 0 fully saturated rings. The summed E-state index contributed by atoms with van der Waals surface area (Å²) in [5, 5.41) is 3.02. The van der Waals surface area contributed by atoms with E-state index in [-0.39, 0.29) is 6.04 Å². The second-order valence-corrected chi connectivity index (χ2v) is 3.42. The zero-order valence-electron chi connectivity index (χ0n) is 6.70. The molecule has 0 aliphatic rings. The molecule has 0 unspecified atom stereocenters. The van der Waals surface area contributed by atoms with E-state index in [1.165, 1.54) is 0 Å². The molecular formula is C7H12N2OS. The maximum Gasteiger partial charge on any atom is 0.0898 e. The molecule has 0 aromatic carbocycles. The zero-order chi connectivity index (χ0) is 8.27. The molecule has 0 saturated carbocycles. The van der Waals surface area contributed by atoms with Gasteiger partial charge in [0.2, 0.25) is 0 Å². The molecule has 4 heteroatoms. The monoisotopic (exact) mass is 172 g/mol. The Morgan fingerprint density at radius 2 is 2.55 bits per heavy atom. The van der Waals surface area contributed by atoms with Crippen LogP contribution in [0.5, 0.6) is 0 Å². The molecule has 1 heterocycles. The van der Waals surface area contributed by atoms with Gasteiger partial charge >= 0.3 is 0 Å². The Hall–Kier alpha value is -0.450. The van der Waals surface area contributed by atoms with E-state index in [0.29, 0.717) is 6.61 Å². The smallest absolute Gasteiger partial charge is 0.0898 e. The van der Waals surface area contributed by atoms with Crippen molar-refractivity contribution in [2.75, 3.05) is 13.7 Å². The summed E-state index contributed by atoms with van der Waals surface area (Å²) in [5.74, 6) is 0. The lowest BCUT2D eigenvalue weighted by Crippen LogP contribution is -2.16. The standard InChI is InChI=1S/C7H12N2OS/c1-5-9-7(4-11-5)6(8)3-10-2/h4,6H,3,8H2,1-2H3/t6-/m1/s1. The Morgan fingerprint density at radius 3 is 3.00 bits per heavy atom. The van der Waals surface area contributed by atoms with Crippen LogP contribution in [0.4, 0.5) is 0 Å². The fourth-order valence-electron chi connectivity index (χ4n) is 0.815. The van der Waals surface area contributed by atoms with E-state index >= 15 is 0 Å². The number of hydrogen-bond acceptors (Lipinski definition) is 4. The Morgan fingerprint density at radius 1 is 1.82 bits per heavy atom. The van der Waals surface area contributed by atoms with Crippen LogP contribution < -0.4 is 5.73 Å². The third kappa shape index (κ3) is 2.25. The van der Waals surface area contributed by atoms with Crippen molar-refractivity contribution in [1.82, 2.24) is 4.98 Å². The third-order valence-electron chi connectivity index (χ3n) is 1.36. The molecule has 0 aliphatic heterocycles. The molecule has 0 spiro atoms. The highest BCUT2D eigenvalue weighted by Gasteiger charge is 2.07. The molecule has 1 atom stereocenters. The van der Waals surface area contributed by atoms with Gasteiger partial charge in [-0.05, 0) is 6.92 Å². The molecule has 2 N–H and O–H groups in total. The lowest BCUT2D eigenvalue weighted by molar-refractivity contribution is 0.180. The fraction of sp³-hybridized carbons (Fsp3) is 0.571. The normalized spacial score (nSPS) is 13.4. The molecular weight excluding hydrogens is 160 g/mol. The minimum atomic E-state index is -0.0788.